The van der Waals surface area contributed by atoms with Crippen molar-refractivity contribution in [3.8, 4) is 0 Å². The average molecular weight is 411 g/mol. The molecule has 3 heterocycles. The van der Waals surface area contributed by atoms with E-state index in [-0.39, 0.29) is 17.3 Å². The topological polar surface area (TPSA) is 48.5 Å². The number of rotatable bonds is 6. The number of carbonyl (C=O) groups excluding carboxylic acids is 1. The van der Waals surface area contributed by atoms with Crippen LogP contribution in [0, 0.1) is 0 Å². The van der Waals surface area contributed by atoms with E-state index in [1.807, 2.05) is 17.2 Å². The lowest BCUT2D eigenvalue weighted by Gasteiger charge is -2.36. The van der Waals surface area contributed by atoms with Gasteiger partial charge in [-0.1, -0.05) is 43.3 Å². The molecule has 154 valence electrons. The summed E-state index contributed by atoms with van der Waals surface area (Å²) in [7, 11) is 0. The third-order valence-corrected chi connectivity index (χ3v) is 7.27. The van der Waals surface area contributed by atoms with E-state index in [1.165, 1.54) is 5.56 Å². The molecule has 29 heavy (non-hydrogen) atoms. The Morgan fingerprint density at radius 1 is 1.17 bits per heavy atom. The SMILES string of the molecule is CC(CCN1CCN(C(=O)C2CSC(c3cccnc3)N2)CC1)c1ccccc1. The first kappa shape index (κ1) is 20.4. The molecule has 3 unspecified atom stereocenters. The molecular formula is C23H30N4OS. The molecular weight excluding hydrogens is 380 g/mol. The Morgan fingerprint density at radius 3 is 2.69 bits per heavy atom. The molecule has 1 N–H and O–H groups in total. The number of piperazine rings is 1. The van der Waals surface area contributed by atoms with Gasteiger partial charge in [0.05, 0.1) is 11.4 Å². The highest BCUT2D eigenvalue weighted by Gasteiger charge is 2.34. The molecule has 6 heteroatoms. The summed E-state index contributed by atoms with van der Waals surface area (Å²) in [5.41, 5.74) is 2.56. The van der Waals surface area contributed by atoms with E-state index in [0.29, 0.717) is 5.92 Å². The summed E-state index contributed by atoms with van der Waals surface area (Å²) in [6.07, 6.45) is 4.82. The Bertz CT molecular complexity index is 780. The van der Waals surface area contributed by atoms with Gasteiger partial charge in [0.1, 0.15) is 0 Å². The lowest BCUT2D eigenvalue weighted by atomic mass is 9.97. The van der Waals surface area contributed by atoms with Crippen LogP contribution >= 0.6 is 11.8 Å². The largest absolute Gasteiger partial charge is 0.339 e. The van der Waals surface area contributed by atoms with E-state index in [4.69, 9.17) is 0 Å². The fourth-order valence-electron chi connectivity index (χ4n) is 4.07. The van der Waals surface area contributed by atoms with Crippen LogP contribution in [0.2, 0.25) is 0 Å². The fourth-order valence-corrected chi connectivity index (χ4v) is 5.29. The van der Waals surface area contributed by atoms with Gasteiger partial charge >= 0.3 is 0 Å². The summed E-state index contributed by atoms with van der Waals surface area (Å²) in [4.78, 5) is 21.7. The van der Waals surface area contributed by atoms with E-state index < -0.39 is 0 Å². The normalized spacial score (nSPS) is 23.8. The lowest BCUT2D eigenvalue weighted by molar-refractivity contribution is -0.134. The molecule has 0 radical (unpaired) electrons. The second-order valence-corrected chi connectivity index (χ2v) is 9.12. The van der Waals surface area contributed by atoms with Crippen molar-refractivity contribution in [2.75, 3.05) is 38.5 Å². The predicted molar refractivity (Wildman–Crippen MR) is 119 cm³/mol. The van der Waals surface area contributed by atoms with Gasteiger partial charge in [0, 0.05) is 44.3 Å². The Balaban J connectivity index is 1.21. The molecule has 2 aliphatic heterocycles. The standard InChI is InChI=1S/C23H30N4OS/c1-18(19-6-3-2-4-7-19)9-11-26-12-14-27(15-13-26)23(28)21-17-29-22(25-21)20-8-5-10-24-16-20/h2-8,10,16,18,21-22,25H,9,11-15,17H2,1H3. The minimum Gasteiger partial charge on any atom is -0.339 e. The van der Waals surface area contributed by atoms with Crippen LogP contribution in [-0.4, -0.2) is 65.2 Å². The van der Waals surface area contributed by atoms with Crippen molar-refractivity contribution < 1.29 is 4.79 Å². The van der Waals surface area contributed by atoms with E-state index >= 15 is 0 Å². The van der Waals surface area contributed by atoms with Crippen LogP contribution < -0.4 is 5.32 Å². The first-order valence-electron chi connectivity index (χ1n) is 10.5. The number of pyridine rings is 1. The van der Waals surface area contributed by atoms with Gasteiger partial charge in [-0.05, 0) is 36.1 Å². The summed E-state index contributed by atoms with van der Waals surface area (Å²) in [5.74, 6) is 1.65. The third-order valence-electron chi connectivity index (χ3n) is 6.00. The second kappa shape index (κ2) is 9.74. The number of nitrogens with zero attached hydrogens (tertiary/aromatic N) is 3. The van der Waals surface area contributed by atoms with Gasteiger partial charge in [0.15, 0.2) is 0 Å². The van der Waals surface area contributed by atoms with Gasteiger partial charge < -0.3 is 4.90 Å². The van der Waals surface area contributed by atoms with Crippen LogP contribution in [0.4, 0.5) is 0 Å². The monoisotopic (exact) mass is 410 g/mol. The zero-order valence-corrected chi connectivity index (χ0v) is 17.9. The highest BCUT2D eigenvalue weighted by atomic mass is 32.2. The van der Waals surface area contributed by atoms with Crippen LogP contribution in [0.1, 0.15) is 35.8 Å². The van der Waals surface area contributed by atoms with Gasteiger partial charge in [-0.3, -0.25) is 20.0 Å². The molecule has 0 bridgehead atoms. The van der Waals surface area contributed by atoms with Gasteiger partial charge in [0.25, 0.3) is 0 Å². The third kappa shape index (κ3) is 5.18. The lowest BCUT2D eigenvalue weighted by Crippen LogP contribution is -2.53. The van der Waals surface area contributed by atoms with E-state index in [9.17, 15) is 4.79 Å². The maximum absolute atomic E-state index is 13.0. The van der Waals surface area contributed by atoms with Crippen LogP contribution in [0.15, 0.2) is 54.9 Å². The summed E-state index contributed by atoms with van der Waals surface area (Å²) >= 11 is 1.80. The molecule has 0 aliphatic carbocycles. The van der Waals surface area contributed by atoms with Crippen LogP contribution in [-0.2, 0) is 4.79 Å². The summed E-state index contributed by atoms with van der Waals surface area (Å²) in [6, 6.07) is 14.7. The smallest absolute Gasteiger partial charge is 0.240 e. The molecule has 2 aliphatic rings. The number of nitrogens with one attached hydrogen (secondary N) is 1. The Morgan fingerprint density at radius 2 is 1.97 bits per heavy atom. The average Bonchev–Trinajstić information content (AvgIpc) is 3.29. The molecule has 2 saturated heterocycles. The van der Waals surface area contributed by atoms with E-state index in [1.54, 1.807) is 18.0 Å². The van der Waals surface area contributed by atoms with E-state index in [0.717, 1.165) is 50.5 Å². The molecule has 1 aromatic carbocycles. The van der Waals surface area contributed by atoms with Crippen molar-refractivity contribution >= 4 is 17.7 Å². The number of hydrogen-bond acceptors (Lipinski definition) is 5. The van der Waals surface area contributed by atoms with Crippen LogP contribution in [0.3, 0.4) is 0 Å². The van der Waals surface area contributed by atoms with Crippen molar-refractivity contribution in [2.24, 2.45) is 0 Å². The van der Waals surface area contributed by atoms with Gasteiger partial charge in [0.2, 0.25) is 5.91 Å². The van der Waals surface area contributed by atoms with Crippen molar-refractivity contribution in [1.29, 1.82) is 0 Å². The Labute approximate surface area is 177 Å². The number of hydrogen-bond donors (Lipinski definition) is 1. The summed E-state index contributed by atoms with van der Waals surface area (Å²) in [5, 5.41) is 3.66. The van der Waals surface area contributed by atoms with E-state index in [2.05, 4.69) is 58.5 Å². The molecule has 0 spiro atoms. The molecule has 2 aromatic rings. The molecule has 5 nitrogen and oxygen atoms in total. The van der Waals surface area contributed by atoms with Crippen LogP contribution in [0.25, 0.3) is 0 Å². The molecule has 1 amide bonds. The molecule has 3 atom stereocenters. The van der Waals surface area contributed by atoms with Gasteiger partial charge in [-0.2, -0.15) is 0 Å². The van der Waals surface area contributed by atoms with Gasteiger partial charge in [-0.25, -0.2) is 0 Å². The number of benzene rings is 1. The second-order valence-electron chi connectivity index (χ2n) is 7.99. The minimum atomic E-state index is -0.0881. The Hall–Kier alpha value is -1.89. The van der Waals surface area contributed by atoms with Gasteiger partial charge in [-0.15, -0.1) is 11.8 Å². The minimum absolute atomic E-state index is 0.0881. The quantitative estimate of drug-likeness (QED) is 0.793. The summed E-state index contributed by atoms with van der Waals surface area (Å²) in [6.45, 7) is 7.01. The van der Waals surface area contributed by atoms with Crippen molar-refractivity contribution in [2.45, 2.75) is 30.7 Å². The number of thioether (sulfide) groups is 1. The highest BCUT2D eigenvalue weighted by Crippen LogP contribution is 2.32. The Kier molecular flexibility index (Phi) is 6.85. The fraction of sp³-hybridized carbons (Fsp3) is 0.478. The predicted octanol–water partition coefficient (Wildman–Crippen LogP) is 3.12. The van der Waals surface area contributed by atoms with Crippen molar-refractivity contribution in [3.05, 3.63) is 66.0 Å². The maximum atomic E-state index is 13.0. The zero-order chi connectivity index (χ0) is 20.1. The summed E-state index contributed by atoms with van der Waals surface area (Å²) < 4.78 is 0. The van der Waals surface area contributed by atoms with Crippen molar-refractivity contribution in [1.82, 2.24) is 20.1 Å². The molecule has 0 saturated carbocycles. The highest BCUT2D eigenvalue weighted by molar-refractivity contribution is 7.99. The number of amides is 1. The molecule has 2 fully saturated rings. The number of aromatic nitrogens is 1. The molecule has 4 rings (SSSR count). The number of carbonyl (C=O) groups is 1. The van der Waals surface area contributed by atoms with Crippen LogP contribution in [0.5, 0.6) is 0 Å². The zero-order valence-electron chi connectivity index (χ0n) is 17.0. The first-order chi connectivity index (χ1) is 14.2. The van der Waals surface area contributed by atoms with Crippen molar-refractivity contribution in [3.63, 3.8) is 0 Å². The molecule has 1 aromatic heterocycles. The first-order valence-corrected chi connectivity index (χ1v) is 11.6. The maximum Gasteiger partial charge on any atom is 0.240 e.